The first-order valence-electron chi connectivity index (χ1n) is 18.4. The summed E-state index contributed by atoms with van der Waals surface area (Å²) in [4.78, 5) is 4.82. The van der Waals surface area contributed by atoms with Gasteiger partial charge in [0.25, 0.3) is 0 Å². The summed E-state index contributed by atoms with van der Waals surface area (Å²) >= 11 is 0. The number of hydrogen-bond acceptors (Lipinski definition) is 2. The fourth-order valence-electron chi connectivity index (χ4n) is 7.84. The van der Waals surface area contributed by atoms with E-state index in [1.165, 1.54) is 55.9 Å². The zero-order valence-electron chi connectivity index (χ0n) is 30.0. The molecule has 0 bridgehead atoms. The lowest BCUT2D eigenvalue weighted by atomic mass is 9.72. The maximum Gasteiger partial charge on any atom is 0.0504 e. The molecule has 0 saturated heterocycles. The van der Waals surface area contributed by atoms with E-state index in [0.29, 0.717) is 0 Å². The van der Waals surface area contributed by atoms with E-state index in [0.717, 1.165) is 22.7 Å². The van der Waals surface area contributed by atoms with E-state index in [2.05, 4.69) is 230 Å². The van der Waals surface area contributed by atoms with Crippen molar-refractivity contribution < 1.29 is 0 Å². The summed E-state index contributed by atoms with van der Waals surface area (Å²) in [5, 5.41) is 0. The first-order chi connectivity index (χ1) is 26.0. The number of benzene rings is 8. The van der Waals surface area contributed by atoms with Crippen molar-refractivity contribution >= 4 is 34.1 Å². The maximum atomic E-state index is 2.45. The minimum atomic E-state index is -0.286. The van der Waals surface area contributed by atoms with Crippen molar-refractivity contribution in [2.45, 2.75) is 19.3 Å². The average molecular weight is 681 g/mol. The summed E-state index contributed by atoms with van der Waals surface area (Å²) in [7, 11) is 0. The highest BCUT2D eigenvalue weighted by Crippen LogP contribution is 2.54. The van der Waals surface area contributed by atoms with Gasteiger partial charge < -0.3 is 9.80 Å². The minimum Gasteiger partial charge on any atom is -0.310 e. The zero-order valence-corrected chi connectivity index (χ0v) is 30.0. The summed E-state index contributed by atoms with van der Waals surface area (Å²) in [6, 6.07) is 74.5. The third-order valence-corrected chi connectivity index (χ3v) is 10.7. The van der Waals surface area contributed by atoms with Crippen molar-refractivity contribution in [1.29, 1.82) is 0 Å². The number of para-hydroxylation sites is 1. The van der Waals surface area contributed by atoms with E-state index in [-0.39, 0.29) is 5.41 Å². The van der Waals surface area contributed by atoms with Gasteiger partial charge in [0.2, 0.25) is 0 Å². The second kappa shape index (κ2) is 13.5. The Morgan fingerprint density at radius 2 is 0.717 bits per heavy atom. The van der Waals surface area contributed by atoms with Crippen LogP contribution in [0.15, 0.2) is 206 Å². The van der Waals surface area contributed by atoms with Gasteiger partial charge in [-0.3, -0.25) is 0 Å². The molecule has 1 aliphatic heterocycles. The van der Waals surface area contributed by atoms with Gasteiger partial charge in [-0.1, -0.05) is 153 Å². The molecule has 53 heavy (non-hydrogen) atoms. The molecule has 0 aromatic heterocycles. The molecule has 0 saturated carbocycles. The predicted octanol–water partition coefficient (Wildman–Crippen LogP) is 14.3. The highest BCUT2D eigenvalue weighted by atomic mass is 15.2. The Balaban J connectivity index is 1.20. The summed E-state index contributed by atoms with van der Waals surface area (Å²) in [6.45, 7) is 4.75. The second-order valence-electron chi connectivity index (χ2n) is 14.3. The molecule has 0 N–H and O–H groups in total. The molecule has 0 unspecified atom stereocenters. The Hall–Kier alpha value is -6.64. The summed E-state index contributed by atoms with van der Waals surface area (Å²) in [6.07, 6.45) is 0. The molecule has 2 heteroatoms. The van der Waals surface area contributed by atoms with Crippen molar-refractivity contribution in [3.05, 3.63) is 217 Å². The summed E-state index contributed by atoms with van der Waals surface area (Å²) < 4.78 is 0. The molecule has 8 aromatic rings. The number of nitrogens with zero attached hydrogens (tertiary/aromatic N) is 2. The van der Waals surface area contributed by atoms with Crippen molar-refractivity contribution in [2.24, 2.45) is 0 Å². The molecule has 0 spiro atoms. The monoisotopic (exact) mass is 680 g/mol. The molecule has 1 heterocycles. The van der Waals surface area contributed by atoms with Gasteiger partial charge in [0.05, 0.1) is 11.4 Å². The van der Waals surface area contributed by atoms with Crippen LogP contribution in [-0.4, -0.2) is 0 Å². The number of fused-ring (bicyclic) bond motifs is 2. The molecule has 2 nitrogen and oxygen atoms in total. The lowest BCUT2D eigenvalue weighted by Crippen LogP contribution is -2.31. The van der Waals surface area contributed by atoms with Crippen LogP contribution >= 0.6 is 0 Å². The van der Waals surface area contributed by atoms with Gasteiger partial charge in [-0.15, -0.1) is 0 Å². The van der Waals surface area contributed by atoms with Crippen LogP contribution in [0.5, 0.6) is 0 Å². The topological polar surface area (TPSA) is 6.48 Å². The molecule has 1 aliphatic rings. The molecule has 0 radical (unpaired) electrons. The first-order valence-corrected chi connectivity index (χ1v) is 18.4. The molecule has 9 rings (SSSR count). The molecular formula is C51H40N2. The quantitative estimate of drug-likeness (QED) is 0.165. The number of hydrogen-bond donors (Lipinski definition) is 0. The van der Waals surface area contributed by atoms with Crippen molar-refractivity contribution in [3.63, 3.8) is 0 Å². The van der Waals surface area contributed by atoms with Gasteiger partial charge in [-0.05, 0) is 111 Å². The van der Waals surface area contributed by atoms with Crippen molar-refractivity contribution in [2.75, 3.05) is 9.80 Å². The van der Waals surface area contributed by atoms with E-state index in [1.54, 1.807) is 0 Å². The zero-order chi connectivity index (χ0) is 35.8. The van der Waals surface area contributed by atoms with Crippen LogP contribution < -0.4 is 9.80 Å². The van der Waals surface area contributed by atoms with Gasteiger partial charge in [0, 0.05) is 28.2 Å². The highest BCUT2D eigenvalue weighted by Gasteiger charge is 2.38. The normalized spacial score (nSPS) is 12.8. The maximum absolute atomic E-state index is 2.45. The summed E-state index contributed by atoms with van der Waals surface area (Å²) in [5.41, 5.74) is 16.5. The smallest absolute Gasteiger partial charge is 0.0504 e. The van der Waals surface area contributed by atoms with Gasteiger partial charge in [0.15, 0.2) is 0 Å². The molecule has 0 atom stereocenters. The van der Waals surface area contributed by atoms with E-state index in [4.69, 9.17) is 0 Å². The second-order valence-corrected chi connectivity index (χ2v) is 14.3. The van der Waals surface area contributed by atoms with Crippen LogP contribution in [-0.2, 0) is 5.41 Å². The number of anilines is 6. The van der Waals surface area contributed by atoms with Crippen molar-refractivity contribution in [1.82, 2.24) is 0 Å². The lowest BCUT2D eigenvalue weighted by molar-refractivity contribution is 0.632. The molecule has 8 aromatic carbocycles. The Morgan fingerprint density at radius 3 is 1.26 bits per heavy atom. The SMILES string of the molecule is CC1(C)c2cc(-c3ccccc3)ccc2N(c2ccc(-c3ccccc3)cc2)c2ccc(N(c3ccccc3)c3ccc(-c4ccccc4)cc3)cc21. The van der Waals surface area contributed by atoms with E-state index in [9.17, 15) is 0 Å². The third kappa shape index (κ3) is 5.99. The third-order valence-electron chi connectivity index (χ3n) is 10.7. The Kier molecular flexibility index (Phi) is 8.21. The number of rotatable bonds is 7. The average Bonchev–Trinajstić information content (AvgIpc) is 3.23. The molecule has 0 amide bonds. The highest BCUT2D eigenvalue weighted by molar-refractivity contribution is 5.90. The Bertz CT molecular complexity index is 2490. The van der Waals surface area contributed by atoms with E-state index in [1.807, 2.05) is 0 Å². The molecule has 254 valence electrons. The Labute approximate surface area is 312 Å². The summed E-state index contributed by atoms with van der Waals surface area (Å²) in [5.74, 6) is 0. The first kappa shape index (κ1) is 32.3. The predicted molar refractivity (Wildman–Crippen MR) is 224 cm³/mol. The van der Waals surface area contributed by atoms with Crippen LogP contribution in [0.2, 0.25) is 0 Å². The largest absolute Gasteiger partial charge is 0.310 e. The molecule has 0 fully saturated rings. The van der Waals surface area contributed by atoms with Crippen molar-refractivity contribution in [3.8, 4) is 33.4 Å². The van der Waals surface area contributed by atoms with Crippen LogP contribution in [0, 0.1) is 0 Å². The van der Waals surface area contributed by atoms with Gasteiger partial charge in [-0.2, -0.15) is 0 Å². The standard InChI is InChI=1S/C51H40N2/c1-51(2)47-35-42(39-19-11-5-12-20-39)27-33-49(47)53(45-30-25-41(26-31-45)38-17-9-4-10-18-38)50-34-32-46(36-48(50)51)52(43-21-13-6-14-22-43)44-28-23-40(24-29-44)37-15-7-3-8-16-37/h3-36H,1-2H3. The fraction of sp³-hybridized carbons (Fsp3) is 0.0588. The van der Waals surface area contributed by atoms with Crippen LogP contribution in [0.3, 0.4) is 0 Å². The van der Waals surface area contributed by atoms with Gasteiger partial charge in [0.1, 0.15) is 0 Å². The van der Waals surface area contributed by atoms with Crippen LogP contribution in [0.1, 0.15) is 25.0 Å². The lowest BCUT2D eigenvalue weighted by Gasteiger charge is -2.43. The van der Waals surface area contributed by atoms with E-state index >= 15 is 0 Å². The molecular weight excluding hydrogens is 641 g/mol. The van der Waals surface area contributed by atoms with Gasteiger partial charge >= 0.3 is 0 Å². The van der Waals surface area contributed by atoms with Gasteiger partial charge in [-0.25, -0.2) is 0 Å². The fourth-order valence-corrected chi connectivity index (χ4v) is 7.84. The van der Waals surface area contributed by atoms with Crippen LogP contribution in [0.25, 0.3) is 33.4 Å². The Morgan fingerprint density at radius 1 is 0.340 bits per heavy atom. The molecule has 0 aliphatic carbocycles. The van der Waals surface area contributed by atoms with E-state index < -0.39 is 0 Å². The van der Waals surface area contributed by atoms with Crippen LogP contribution in [0.4, 0.5) is 34.1 Å². The minimum absolute atomic E-state index is 0.286.